The average molecular weight is 342 g/mol. The summed E-state index contributed by atoms with van der Waals surface area (Å²) in [6, 6.07) is 8.74. The van der Waals surface area contributed by atoms with E-state index in [1.165, 1.54) is 11.1 Å². The number of fused-ring (bicyclic) bond motifs is 1. The Labute approximate surface area is 151 Å². The van der Waals surface area contributed by atoms with Crippen LogP contribution in [-0.4, -0.2) is 40.2 Å². The van der Waals surface area contributed by atoms with E-state index in [4.69, 9.17) is 0 Å². The zero-order valence-electron chi connectivity index (χ0n) is 15.7. The molecule has 0 aromatic heterocycles. The van der Waals surface area contributed by atoms with Gasteiger partial charge < -0.3 is 9.80 Å². The highest BCUT2D eigenvalue weighted by molar-refractivity contribution is 5.80. The number of carbonyl (C=O) groups excluding carboxylic acids is 2. The third-order valence-electron chi connectivity index (χ3n) is 5.58. The second-order valence-electron chi connectivity index (χ2n) is 7.87. The first kappa shape index (κ1) is 18.0. The molecule has 1 aromatic rings. The summed E-state index contributed by atoms with van der Waals surface area (Å²) < 4.78 is 0. The molecule has 2 aliphatic heterocycles. The van der Waals surface area contributed by atoms with Crippen molar-refractivity contribution in [3.8, 4) is 0 Å². The Morgan fingerprint density at radius 2 is 2.00 bits per heavy atom. The Balaban J connectivity index is 1.84. The molecule has 2 heterocycles. The van der Waals surface area contributed by atoms with Crippen molar-refractivity contribution in [2.75, 3.05) is 6.54 Å². The van der Waals surface area contributed by atoms with Gasteiger partial charge in [-0.1, -0.05) is 50.1 Å². The molecule has 0 aliphatic carbocycles. The van der Waals surface area contributed by atoms with Gasteiger partial charge in [0, 0.05) is 25.4 Å². The minimum Gasteiger partial charge on any atom is -0.337 e. The summed E-state index contributed by atoms with van der Waals surface area (Å²) >= 11 is 0. The van der Waals surface area contributed by atoms with Crippen LogP contribution in [0.3, 0.4) is 0 Å². The molecule has 0 N–H and O–H groups in total. The summed E-state index contributed by atoms with van der Waals surface area (Å²) in [6.07, 6.45) is 4.51. The van der Waals surface area contributed by atoms with Crippen molar-refractivity contribution in [3.05, 3.63) is 35.4 Å². The van der Waals surface area contributed by atoms with Crippen molar-refractivity contribution >= 4 is 11.8 Å². The number of nitrogens with zero attached hydrogens (tertiary/aromatic N) is 2. The van der Waals surface area contributed by atoms with Gasteiger partial charge in [-0.2, -0.15) is 0 Å². The Morgan fingerprint density at radius 1 is 1.20 bits per heavy atom. The van der Waals surface area contributed by atoms with E-state index in [2.05, 4.69) is 41.0 Å². The van der Waals surface area contributed by atoms with Crippen molar-refractivity contribution in [2.24, 2.45) is 5.92 Å². The molecule has 1 aromatic carbocycles. The minimum atomic E-state index is 0.0186. The van der Waals surface area contributed by atoms with Crippen molar-refractivity contribution in [1.82, 2.24) is 9.80 Å². The van der Waals surface area contributed by atoms with Gasteiger partial charge in [0.05, 0.1) is 12.1 Å². The number of aryl methyl sites for hydroxylation is 1. The Hall–Kier alpha value is -1.84. The largest absolute Gasteiger partial charge is 0.337 e. The van der Waals surface area contributed by atoms with Crippen LogP contribution >= 0.6 is 0 Å². The summed E-state index contributed by atoms with van der Waals surface area (Å²) in [6.45, 7) is 7.46. The maximum absolute atomic E-state index is 12.8. The predicted molar refractivity (Wildman–Crippen MR) is 98.9 cm³/mol. The molecule has 0 bridgehead atoms. The van der Waals surface area contributed by atoms with Gasteiger partial charge in [0.25, 0.3) is 0 Å². The fraction of sp³-hybridized carbons (Fsp3) is 0.619. The maximum Gasteiger partial charge on any atom is 0.225 e. The number of benzene rings is 1. The lowest BCUT2D eigenvalue weighted by molar-refractivity contribution is -0.140. The van der Waals surface area contributed by atoms with Gasteiger partial charge in [0.2, 0.25) is 11.8 Å². The topological polar surface area (TPSA) is 40.6 Å². The Bertz CT molecular complexity index is 641. The highest BCUT2D eigenvalue weighted by Crippen LogP contribution is 2.32. The molecular weight excluding hydrogens is 312 g/mol. The molecule has 136 valence electrons. The first-order valence-corrected chi connectivity index (χ1v) is 9.63. The van der Waals surface area contributed by atoms with E-state index in [0.717, 1.165) is 32.2 Å². The molecular formula is C21H30N2O2. The maximum atomic E-state index is 12.8. The standard InChI is InChI=1S/C21H30N2O2/c1-15(2)21(25)22-12-11-19-18(22)9-4-5-10-20(24)23(19)14-17-8-6-7-16(3)13-17/h6-8,13,15,18-19H,4-5,9-12,14H2,1-3H3/t18-,19+/m1/s1. The molecule has 0 saturated carbocycles. The monoisotopic (exact) mass is 342 g/mol. The lowest BCUT2D eigenvalue weighted by Gasteiger charge is -2.38. The smallest absolute Gasteiger partial charge is 0.225 e. The summed E-state index contributed by atoms with van der Waals surface area (Å²) in [7, 11) is 0. The van der Waals surface area contributed by atoms with Gasteiger partial charge >= 0.3 is 0 Å². The van der Waals surface area contributed by atoms with Crippen molar-refractivity contribution in [1.29, 1.82) is 0 Å². The fourth-order valence-electron chi connectivity index (χ4n) is 4.33. The molecule has 25 heavy (non-hydrogen) atoms. The van der Waals surface area contributed by atoms with Crippen LogP contribution in [0.15, 0.2) is 24.3 Å². The molecule has 2 fully saturated rings. The van der Waals surface area contributed by atoms with Crippen molar-refractivity contribution in [3.63, 3.8) is 0 Å². The lowest BCUT2D eigenvalue weighted by atomic mass is 9.95. The average Bonchev–Trinajstić information content (AvgIpc) is 2.97. The number of likely N-dealkylation sites (tertiary alicyclic amines) is 2. The Kier molecular flexibility index (Phi) is 5.45. The molecule has 2 atom stereocenters. The van der Waals surface area contributed by atoms with Crippen molar-refractivity contribution < 1.29 is 9.59 Å². The highest BCUT2D eigenvalue weighted by Gasteiger charge is 2.42. The van der Waals surface area contributed by atoms with E-state index in [-0.39, 0.29) is 29.8 Å². The van der Waals surface area contributed by atoms with Crippen LogP contribution in [0.1, 0.15) is 57.1 Å². The van der Waals surface area contributed by atoms with E-state index in [1.807, 2.05) is 13.8 Å². The number of rotatable bonds is 3. The van der Waals surface area contributed by atoms with Crippen LogP contribution in [0.2, 0.25) is 0 Å². The van der Waals surface area contributed by atoms with E-state index < -0.39 is 0 Å². The number of hydrogen-bond donors (Lipinski definition) is 0. The second-order valence-corrected chi connectivity index (χ2v) is 7.87. The van der Waals surface area contributed by atoms with E-state index in [1.54, 1.807) is 0 Å². The van der Waals surface area contributed by atoms with Gasteiger partial charge in [-0.3, -0.25) is 9.59 Å². The summed E-state index contributed by atoms with van der Waals surface area (Å²) in [5.41, 5.74) is 2.40. The molecule has 0 unspecified atom stereocenters. The normalized spacial score (nSPS) is 24.2. The summed E-state index contributed by atoms with van der Waals surface area (Å²) in [5, 5.41) is 0. The molecule has 2 amide bonds. The van der Waals surface area contributed by atoms with Gasteiger partial charge in [-0.15, -0.1) is 0 Å². The molecule has 0 radical (unpaired) electrons. The fourth-order valence-corrected chi connectivity index (χ4v) is 4.33. The minimum absolute atomic E-state index is 0.0186. The zero-order valence-corrected chi connectivity index (χ0v) is 15.7. The third kappa shape index (κ3) is 3.88. The molecule has 2 saturated heterocycles. The van der Waals surface area contributed by atoms with Crippen molar-refractivity contribution in [2.45, 2.75) is 71.5 Å². The second kappa shape index (κ2) is 7.59. The van der Waals surface area contributed by atoms with E-state index in [0.29, 0.717) is 13.0 Å². The van der Waals surface area contributed by atoms with Gasteiger partial charge in [-0.05, 0) is 31.7 Å². The van der Waals surface area contributed by atoms with Crippen LogP contribution in [-0.2, 0) is 16.1 Å². The van der Waals surface area contributed by atoms with Crippen LogP contribution in [0, 0.1) is 12.8 Å². The van der Waals surface area contributed by atoms with Crippen LogP contribution in [0.4, 0.5) is 0 Å². The zero-order chi connectivity index (χ0) is 18.0. The van der Waals surface area contributed by atoms with Crippen LogP contribution in [0.25, 0.3) is 0 Å². The summed E-state index contributed by atoms with van der Waals surface area (Å²) in [5.74, 6) is 0.496. The summed E-state index contributed by atoms with van der Waals surface area (Å²) in [4.78, 5) is 29.6. The first-order valence-electron chi connectivity index (χ1n) is 9.63. The number of amides is 2. The lowest BCUT2D eigenvalue weighted by Crippen LogP contribution is -2.50. The first-order chi connectivity index (χ1) is 12.0. The molecule has 4 nitrogen and oxygen atoms in total. The predicted octanol–water partition coefficient (Wildman–Crippen LogP) is 3.52. The van der Waals surface area contributed by atoms with Crippen LogP contribution < -0.4 is 0 Å². The van der Waals surface area contributed by atoms with Gasteiger partial charge in [0.15, 0.2) is 0 Å². The van der Waals surface area contributed by atoms with Gasteiger partial charge in [0.1, 0.15) is 0 Å². The van der Waals surface area contributed by atoms with Crippen LogP contribution in [0.5, 0.6) is 0 Å². The molecule has 4 heteroatoms. The quantitative estimate of drug-likeness (QED) is 0.843. The van der Waals surface area contributed by atoms with E-state index >= 15 is 0 Å². The SMILES string of the molecule is Cc1cccc(CN2C(=O)CCCC[C@@H]3[C@@H]2CCN3C(=O)C(C)C)c1. The number of carbonyl (C=O) groups is 2. The third-order valence-corrected chi connectivity index (χ3v) is 5.58. The van der Waals surface area contributed by atoms with E-state index in [9.17, 15) is 9.59 Å². The number of hydrogen-bond acceptors (Lipinski definition) is 2. The molecule has 0 spiro atoms. The van der Waals surface area contributed by atoms with Gasteiger partial charge in [-0.25, -0.2) is 0 Å². The molecule has 3 rings (SSSR count). The molecule has 2 aliphatic rings. The Morgan fingerprint density at radius 3 is 2.72 bits per heavy atom. The highest BCUT2D eigenvalue weighted by atomic mass is 16.2.